The van der Waals surface area contributed by atoms with Gasteiger partial charge in [-0.15, -0.1) is 0 Å². The Balaban J connectivity index is 1.66. The second kappa shape index (κ2) is 7.68. The van der Waals surface area contributed by atoms with Crippen LogP contribution in [0.2, 0.25) is 0 Å². The molecule has 2 aromatic rings. The van der Waals surface area contributed by atoms with Gasteiger partial charge in [0.05, 0.1) is 36.9 Å². The van der Waals surface area contributed by atoms with E-state index in [0.29, 0.717) is 28.6 Å². The van der Waals surface area contributed by atoms with Crippen molar-refractivity contribution >= 4 is 11.6 Å². The average Bonchev–Trinajstić information content (AvgIpc) is 3.33. The second-order valence-electron chi connectivity index (χ2n) is 6.76. The van der Waals surface area contributed by atoms with E-state index in [-0.39, 0.29) is 18.1 Å². The van der Waals surface area contributed by atoms with E-state index in [4.69, 9.17) is 18.9 Å². The van der Waals surface area contributed by atoms with Gasteiger partial charge in [-0.05, 0) is 19.1 Å². The lowest BCUT2D eigenvalue weighted by Crippen LogP contribution is -2.42. The van der Waals surface area contributed by atoms with Crippen molar-refractivity contribution in [2.45, 2.75) is 13.2 Å². The number of carbonyl (C=O) groups is 1. The van der Waals surface area contributed by atoms with Crippen LogP contribution in [0.4, 0.5) is 5.69 Å². The molecular weight excluding hydrogens is 390 g/mol. The third-order valence-electron chi connectivity index (χ3n) is 5.19. The Morgan fingerprint density at radius 2 is 1.87 bits per heavy atom. The maximum Gasteiger partial charge on any atom is 0.259 e. The number of para-hydroxylation sites is 1. The number of hydrazine groups is 1. The third-order valence-corrected chi connectivity index (χ3v) is 5.19. The quantitative estimate of drug-likeness (QED) is 0.770. The molecule has 1 unspecified atom stereocenters. The first kappa shape index (κ1) is 19.7. The third kappa shape index (κ3) is 3.03. The van der Waals surface area contributed by atoms with Gasteiger partial charge >= 0.3 is 0 Å². The highest BCUT2D eigenvalue weighted by molar-refractivity contribution is 6.00. The van der Waals surface area contributed by atoms with Gasteiger partial charge in [0.15, 0.2) is 17.7 Å². The molecule has 2 aliphatic heterocycles. The molecule has 0 saturated carbocycles. The Bertz CT molecular complexity index is 1010. The number of allylic oxidation sites excluding steroid dienone is 1. The van der Waals surface area contributed by atoms with Gasteiger partial charge in [0.25, 0.3) is 5.91 Å². The number of anilines is 1. The van der Waals surface area contributed by atoms with Crippen LogP contribution >= 0.6 is 0 Å². The smallest absolute Gasteiger partial charge is 0.259 e. The fourth-order valence-electron chi connectivity index (χ4n) is 3.59. The summed E-state index contributed by atoms with van der Waals surface area (Å²) in [5, 5.41) is 17.2. The molecule has 1 amide bonds. The van der Waals surface area contributed by atoms with Crippen molar-refractivity contribution in [3.63, 3.8) is 0 Å². The first-order valence-electron chi connectivity index (χ1n) is 9.30. The molecule has 4 rings (SSSR count). The lowest BCUT2D eigenvalue weighted by atomic mass is 10.1. The molecule has 2 aromatic carbocycles. The van der Waals surface area contributed by atoms with Crippen molar-refractivity contribution < 1.29 is 28.8 Å². The number of hydrogen-bond acceptors (Lipinski definition) is 8. The monoisotopic (exact) mass is 413 g/mol. The lowest BCUT2D eigenvalue weighted by molar-refractivity contribution is 0.0942. The molecule has 2 heterocycles. The SMILES string of the molecule is COc1cc(C(=O)NC2=C(C)N(C)N(c3ccccc3)C2O)c(OC)c2c1OCO2. The molecule has 9 heteroatoms. The minimum Gasteiger partial charge on any atom is -0.493 e. The summed E-state index contributed by atoms with van der Waals surface area (Å²) in [4.78, 5) is 13.2. The van der Waals surface area contributed by atoms with Crippen LogP contribution in [0.25, 0.3) is 0 Å². The molecule has 158 valence electrons. The standard InChI is InChI=1S/C21H23N3O6/c1-12-16(21(26)24(23(12)2)13-8-6-5-7-9-13)22-20(25)14-10-15(27-3)18-19(17(14)28-4)30-11-29-18/h5-10,21,26H,11H2,1-4H3,(H,22,25). The van der Waals surface area contributed by atoms with Crippen LogP contribution in [0.3, 0.4) is 0 Å². The normalized spacial score (nSPS) is 17.4. The lowest BCUT2D eigenvalue weighted by Gasteiger charge is -2.31. The summed E-state index contributed by atoms with van der Waals surface area (Å²) >= 11 is 0. The number of ether oxygens (including phenoxy) is 4. The molecule has 0 aromatic heterocycles. The predicted molar refractivity (Wildman–Crippen MR) is 109 cm³/mol. The van der Waals surface area contributed by atoms with Crippen LogP contribution in [-0.2, 0) is 0 Å². The molecular formula is C21H23N3O6. The highest BCUT2D eigenvalue weighted by atomic mass is 16.7. The zero-order valence-corrected chi connectivity index (χ0v) is 17.1. The Labute approximate surface area is 174 Å². The topological polar surface area (TPSA) is 92.7 Å². The number of hydrogen-bond donors (Lipinski definition) is 2. The van der Waals surface area contributed by atoms with E-state index in [1.165, 1.54) is 20.3 Å². The number of nitrogens with one attached hydrogen (secondary N) is 1. The zero-order chi connectivity index (χ0) is 21.4. The largest absolute Gasteiger partial charge is 0.493 e. The van der Waals surface area contributed by atoms with E-state index in [2.05, 4.69) is 5.32 Å². The van der Waals surface area contributed by atoms with Gasteiger partial charge in [-0.1, -0.05) is 18.2 Å². The molecule has 30 heavy (non-hydrogen) atoms. The van der Waals surface area contributed by atoms with E-state index >= 15 is 0 Å². The van der Waals surface area contributed by atoms with Crippen molar-refractivity contribution in [3.05, 3.63) is 53.4 Å². The van der Waals surface area contributed by atoms with Crippen LogP contribution < -0.4 is 29.3 Å². The number of aliphatic hydroxyl groups is 1. The molecule has 0 bridgehead atoms. The highest BCUT2D eigenvalue weighted by Crippen LogP contribution is 2.49. The first-order valence-corrected chi connectivity index (χ1v) is 9.30. The van der Waals surface area contributed by atoms with Crippen LogP contribution in [0.15, 0.2) is 47.8 Å². The van der Waals surface area contributed by atoms with E-state index in [1.807, 2.05) is 44.3 Å². The van der Waals surface area contributed by atoms with E-state index < -0.39 is 12.1 Å². The van der Waals surface area contributed by atoms with Crippen molar-refractivity contribution in [3.8, 4) is 23.0 Å². The highest BCUT2D eigenvalue weighted by Gasteiger charge is 2.36. The summed E-state index contributed by atoms with van der Waals surface area (Å²) in [6.45, 7) is 1.83. The Morgan fingerprint density at radius 3 is 2.53 bits per heavy atom. The number of methoxy groups -OCH3 is 2. The Morgan fingerprint density at radius 1 is 1.17 bits per heavy atom. The van der Waals surface area contributed by atoms with Gasteiger partial charge in [-0.3, -0.25) is 14.8 Å². The molecule has 0 spiro atoms. The minimum absolute atomic E-state index is 0.00688. The van der Waals surface area contributed by atoms with Crippen LogP contribution in [0.5, 0.6) is 23.0 Å². The molecule has 2 aliphatic rings. The van der Waals surface area contributed by atoms with Crippen molar-refractivity contribution in [2.24, 2.45) is 0 Å². The van der Waals surface area contributed by atoms with Gasteiger partial charge < -0.3 is 29.4 Å². The number of nitrogens with zero attached hydrogens (tertiary/aromatic N) is 2. The van der Waals surface area contributed by atoms with Gasteiger partial charge in [0, 0.05) is 13.1 Å². The van der Waals surface area contributed by atoms with Crippen LogP contribution in [-0.4, -0.2) is 50.3 Å². The summed E-state index contributed by atoms with van der Waals surface area (Å²) in [5.74, 6) is 0.814. The number of carbonyl (C=O) groups excluding carboxylic acids is 1. The average molecular weight is 413 g/mol. The van der Waals surface area contributed by atoms with Gasteiger partial charge in [0.2, 0.25) is 18.3 Å². The molecule has 0 saturated heterocycles. The summed E-state index contributed by atoms with van der Waals surface area (Å²) < 4.78 is 21.6. The Hall–Kier alpha value is -3.59. The molecule has 9 nitrogen and oxygen atoms in total. The predicted octanol–water partition coefficient (Wildman–Crippen LogP) is 2.08. The van der Waals surface area contributed by atoms with Crippen LogP contribution in [0.1, 0.15) is 17.3 Å². The number of fused-ring (bicyclic) bond motifs is 1. The van der Waals surface area contributed by atoms with Gasteiger partial charge in [-0.25, -0.2) is 0 Å². The molecule has 0 fully saturated rings. The van der Waals surface area contributed by atoms with Crippen molar-refractivity contribution in [2.75, 3.05) is 33.1 Å². The fourth-order valence-corrected chi connectivity index (χ4v) is 3.59. The number of benzene rings is 2. The minimum atomic E-state index is -1.07. The first-order chi connectivity index (χ1) is 14.5. The zero-order valence-electron chi connectivity index (χ0n) is 17.1. The van der Waals surface area contributed by atoms with Gasteiger partial charge in [-0.2, -0.15) is 0 Å². The maximum atomic E-state index is 13.2. The molecule has 2 N–H and O–H groups in total. The van der Waals surface area contributed by atoms with E-state index in [0.717, 1.165) is 5.69 Å². The fraction of sp³-hybridized carbons (Fsp3) is 0.286. The van der Waals surface area contributed by atoms with Gasteiger partial charge in [0.1, 0.15) is 0 Å². The summed E-state index contributed by atoms with van der Waals surface area (Å²) in [6, 6.07) is 10.9. The van der Waals surface area contributed by atoms with E-state index in [9.17, 15) is 9.90 Å². The Kier molecular flexibility index (Phi) is 5.04. The summed E-state index contributed by atoms with van der Waals surface area (Å²) in [7, 11) is 4.74. The maximum absolute atomic E-state index is 13.2. The van der Waals surface area contributed by atoms with Crippen LogP contribution in [0, 0.1) is 0 Å². The summed E-state index contributed by atoms with van der Waals surface area (Å²) in [5.41, 5.74) is 2.06. The molecule has 1 atom stereocenters. The van der Waals surface area contributed by atoms with E-state index in [1.54, 1.807) is 10.0 Å². The van der Waals surface area contributed by atoms with Crippen molar-refractivity contribution in [1.29, 1.82) is 0 Å². The summed E-state index contributed by atoms with van der Waals surface area (Å²) in [6.07, 6.45) is -1.07. The second-order valence-corrected chi connectivity index (χ2v) is 6.76. The number of amides is 1. The number of aliphatic hydroxyl groups excluding tert-OH is 1. The molecule has 0 aliphatic carbocycles. The van der Waals surface area contributed by atoms with Crippen molar-refractivity contribution in [1.82, 2.24) is 10.3 Å². The molecule has 0 radical (unpaired) electrons. The number of rotatable bonds is 5.